The van der Waals surface area contributed by atoms with Crippen molar-refractivity contribution in [2.24, 2.45) is 10.2 Å². The lowest BCUT2D eigenvalue weighted by Crippen LogP contribution is -2.20. The van der Waals surface area contributed by atoms with Crippen LogP contribution >= 0.6 is 0 Å². The van der Waals surface area contributed by atoms with Crippen LogP contribution < -0.4 is 5.56 Å². The maximum absolute atomic E-state index is 12.4. The second-order valence-corrected chi connectivity index (χ2v) is 4.86. The Morgan fingerprint density at radius 2 is 2.00 bits per heavy atom. The first-order valence-electron chi connectivity index (χ1n) is 7.02. The normalized spacial score (nSPS) is 10.7. The van der Waals surface area contributed by atoms with Gasteiger partial charge >= 0.3 is 5.97 Å². The van der Waals surface area contributed by atoms with Crippen molar-refractivity contribution < 1.29 is 15.0 Å². The minimum Gasteiger partial charge on any atom is -0.493 e. The third-order valence-corrected chi connectivity index (χ3v) is 3.48. The molecule has 0 aliphatic heterocycles. The van der Waals surface area contributed by atoms with Gasteiger partial charge in [-0.2, -0.15) is 5.26 Å². The highest BCUT2D eigenvalue weighted by molar-refractivity contribution is 5.93. The van der Waals surface area contributed by atoms with Crippen molar-refractivity contribution in [1.29, 1.82) is 5.26 Å². The summed E-state index contributed by atoms with van der Waals surface area (Å²) in [5, 5.41) is 35.9. The van der Waals surface area contributed by atoms with E-state index in [4.69, 9.17) is 10.4 Å². The van der Waals surface area contributed by atoms with Gasteiger partial charge in [-0.1, -0.05) is 12.1 Å². The first-order valence-corrected chi connectivity index (χ1v) is 7.02. The van der Waals surface area contributed by atoms with Crippen LogP contribution in [0.3, 0.4) is 0 Å². The molecule has 122 valence electrons. The van der Waals surface area contributed by atoms with E-state index in [-0.39, 0.29) is 34.6 Å². The van der Waals surface area contributed by atoms with Crippen LogP contribution in [0.15, 0.2) is 39.3 Å². The maximum atomic E-state index is 12.4. The van der Waals surface area contributed by atoms with Crippen LogP contribution in [0.5, 0.6) is 5.88 Å². The predicted molar refractivity (Wildman–Crippen MR) is 85.1 cm³/mol. The van der Waals surface area contributed by atoms with Gasteiger partial charge in [0, 0.05) is 12.1 Å². The molecule has 0 saturated carbocycles. The van der Waals surface area contributed by atoms with E-state index in [1.807, 2.05) is 6.07 Å². The Labute approximate surface area is 136 Å². The van der Waals surface area contributed by atoms with Gasteiger partial charge in [0.25, 0.3) is 5.56 Å². The molecule has 8 nitrogen and oxygen atoms in total. The summed E-state index contributed by atoms with van der Waals surface area (Å²) in [5.41, 5.74) is -0.597. The van der Waals surface area contributed by atoms with E-state index in [9.17, 15) is 14.7 Å². The van der Waals surface area contributed by atoms with Gasteiger partial charge in [-0.05, 0) is 26.0 Å². The number of aromatic nitrogens is 1. The van der Waals surface area contributed by atoms with Crippen LogP contribution in [-0.2, 0) is 6.54 Å². The topological polar surface area (TPSA) is 128 Å². The summed E-state index contributed by atoms with van der Waals surface area (Å²) in [5.74, 6) is -1.59. The first kappa shape index (κ1) is 16.9. The van der Waals surface area contributed by atoms with Crippen molar-refractivity contribution >= 4 is 17.3 Å². The average Bonchev–Trinajstić information content (AvgIpc) is 2.55. The van der Waals surface area contributed by atoms with E-state index in [1.54, 1.807) is 19.1 Å². The predicted octanol–water partition coefficient (Wildman–Crippen LogP) is 2.87. The lowest BCUT2D eigenvalue weighted by molar-refractivity contribution is 0.0697. The number of nitrogens with zero attached hydrogens (tertiary/aromatic N) is 4. The van der Waals surface area contributed by atoms with Gasteiger partial charge in [-0.25, -0.2) is 4.79 Å². The number of nitriles is 1. The number of aromatic carboxylic acids is 1. The van der Waals surface area contributed by atoms with E-state index < -0.39 is 17.4 Å². The summed E-state index contributed by atoms with van der Waals surface area (Å²) in [6, 6.07) is 7.79. The summed E-state index contributed by atoms with van der Waals surface area (Å²) in [6.45, 7) is 3.25. The molecule has 1 aromatic heterocycles. The molecule has 0 aliphatic rings. The Hall–Kier alpha value is -3.47. The van der Waals surface area contributed by atoms with Crippen molar-refractivity contribution in [2.75, 3.05) is 0 Å². The lowest BCUT2D eigenvalue weighted by Gasteiger charge is -2.10. The van der Waals surface area contributed by atoms with Crippen molar-refractivity contribution in [3.8, 4) is 11.9 Å². The minimum absolute atomic E-state index is 0.0611. The largest absolute Gasteiger partial charge is 0.493 e. The molecular formula is C16H14N4O4. The average molecular weight is 326 g/mol. The molecule has 2 N–H and O–H groups in total. The fourth-order valence-electron chi connectivity index (χ4n) is 2.20. The Balaban J connectivity index is 2.66. The number of pyridine rings is 1. The number of hydrogen-bond acceptors (Lipinski definition) is 6. The Morgan fingerprint density at radius 1 is 1.33 bits per heavy atom. The molecule has 0 saturated heterocycles. The van der Waals surface area contributed by atoms with Crippen molar-refractivity contribution in [2.45, 2.75) is 20.4 Å². The number of carbonyl (C=O) groups is 1. The number of benzene rings is 1. The zero-order valence-corrected chi connectivity index (χ0v) is 13.0. The molecule has 0 spiro atoms. The highest BCUT2D eigenvalue weighted by Gasteiger charge is 2.18. The van der Waals surface area contributed by atoms with Gasteiger partial charge in [-0.15, -0.1) is 10.2 Å². The molecule has 0 aliphatic carbocycles. The Kier molecular flexibility index (Phi) is 4.75. The zero-order chi connectivity index (χ0) is 17.9. The third kappa shape index (κ3) is 2.87. The molecule has 2 rings (SSSR count). The molecular weight excluding hydrogens is 312 g/mol. The molecule has 0 radical (unpaired) electrons. The van der Waals surface area contributed by atoms with Crippen molar-refractivity contribution in [3.05, 3.63) is 51.3 Å². The summed E-state index contributed by atoms with van der Waals surface area (Å²) >= 11 is 0. The van der Waals surface area contributed by atoms with Crippen molar-refractivity contribution in [3.63, 3.8) is 0 Å². The molecule has 24 heavy (non-hydrogen) atoms. The van der Waals surface area contributed by atoms with Gasteiger partial charge in [0.1, 0.15) is 17.3 Å². The van der Waals surface area contributed by atoms with E-state index in [0.717, 1.165) is 4.57 Å². The van der Waals surface area contributed by atoms with E-state index in [0.29, 0.717) is 0 Å². The van der Waals surface area contributed by atoms with E-state index in [1.165, 1.54) is 19.1 Å². The molecule has 2 aromatic rings. The van der Waals surface area contributed by atoms with Crippen LogP contribution in [0.4, 0.5) is 11.4 Å². The summed E-state index contributed by atoms with van der Waals surface area (Å²) in [6.07, 6.45) is 0. The second kappa shape index (κ2) is 6.75. The highest BCUT2D eigenvalue weighted by atomic mass is 16.4. The fraction of sp³-hybridized carbons (Fsp3) is 0.188. The number of azo groups is 1. The molecule has 0 atom stereocenters. The Morgan fingerprint density at radius 3 is 2.58 bits per heavy atom. The monoisotopic (exact) mass is 326 g/mol. The van der Waals surface area contributed by atoms with Gasteiger partial charge in [0.2, 0.25) is 5.88 Å². The van der Waals surface area contributed by atoms with E-state index in [2.05, 4.69) is 10.2 Å². The molecule has 0 bridgehead atoms. The highest BCUT2D eigenvalue weighted by Crippen LogP contribution is 2.27. The van der Waals surface area contributed by atoms with Gasteiger partial charge < -0.3 is 10.2 Å². The Bertz CT molecular complexity index is 938. The lowest BCUT2D eigenvalue weighted by atomic mass is 10.1. The van der Waals surface area contributed by atoms with Crippen LogP contribution in [0.2, 0.25) is 0 Å². The van der Waals surface area contributed by atoms with Crippen LogP contribution in [-0.4, -0.2) is 20.7 Å². The molecule has 0 amide bonds. The fourth-order valence-corrected chi connectivity index (χ4v) is 2.20. The first-order chi connectivity index (χ1) is 11.4. The number of hydrogen-bond donors (Lipinski definition) is 2. The molecule has 1 heterocycles. The van der Waals surface area contributed by atoms with Gasteiger partial charge in [0.15, 0.2) is 5.69 Å². The van der Waals surface area contributed by atoms with Gasteiger partial charge in [-0.3, -0.25) is 9.36 Å². The second-order valence-electron chi connectivity index (χ2n) is 4.86. The standard InChI is InChI=1S/C16H14N4O4/c1-3-20-14(21)11(8-17)9(2)13(15(20)22)19-18-12-7-5-4-6-10(12)16(23)24/h4-7,21H,3H2,1-2H3,(H,23,24). The number of rotatable bonds is 4. The van der Waals surface area contributed by atoms with Crippen LogP contribution in [0, 0.1) is 18.3 Å². The van der Waals surface area contributed by atoms with Crippen LogP contribution in [0.1, 0.15) is 28.4 Å². The quantitative estimate of drug-likeness (QED) is 0.835. The molecule has 1 aromatic carbocycles. The SMILES string of the molecule is CCn1c(O)c(C#N)c(C)c(N=Nc2ccccc2C(=O)O)c1=O. The number of aromatic hydroxyl groups is 1. The molecule has 0 fully saturated rings. The molecule has 0 unspecified atom stereocenters. The summed E-state index contributed by atoms with van der Waals surface area (Å²) in [4.78, 5) is 23.5. The molecule has 8 heteroatoms. The zero-order valence-electron chi connectivity index (χ0n) is 13.0. The maximum Gasteiger partial charge on any atom is 0.337 e. The van der Waals surface area contributed by atoms with Crippen molar-refractivity contribution in [1.82, 2.24) is 4.57 Å². The number of carboxylic acid groups (broad SMARTS) is 1. The van der Waals surface area contributed by atoms with E-state index >= 15 is 0 Å². The third-order valence-electron chi connectivity index (χ3n) is 3.48. The minimum atomic E-state index is -1.17. The number of carboxylic acids is 1. The summed E-state index contributed by atoms with van der Waals surface area (Å²) in [7, 11) is 0. The smallest absolute Gasteiger partial charge is 0.337 e. The van der Waals surface area contributed by atoms with Gasteiger partial charge in [0.05, 0.1) is 5.56 Å². The summed E-state index contributed by atoms with van der Waals surface area (Å²) < 4.78 is 1.00. The van der Waals surface area contributed by atoms with Crippen LogP contribution in [0.25, 0.3) is 0 Å².